The maximum Gasteiger partial charge on any atom is 0.234 e. The van der Waals surface area contributed by atoms with Gasteiger partial charge in [0, 0.05) is 18.7 Å². The Hall–Kier alpha value is -0.610. The highest BCUT2D eigenvalue weighted by atomic mass is 16.5. The Bertz CT molecular complexity index is 229. The molecule has 2 fully saturated rings. The minimum absolute atomic E-state index is 0.136. The summed E-state index contributed by atoms with van der Waals surface area (Å²) in [5.41, 5.74) is 0. The van der Waals surface area contributed by atoms with Gasteiger partial charge in [0.25, 0.3) is 0 Å². The molecule has 4 nitrogen and oxygen atoms in total. The Morgan fingerprint density at radius 3 is 2.80 bits per heavy atom. The first-order valence-corrected chi connectivity index (χ1v) is 5.88. The van der Waals surface area contributed by atoms with Crippen LogP contribution in [0.15, 0.2) is 0 Å². The predicted octanol–water partition coefficient (Wildman–Crippen LogP) is 0.422. The van der Waals surface area contributed by atoms with Crippen molar-refractivity contribution in [1.29, 1.82) is 0 Å². The smallest absolute Gasteiger partial charge is 0.234 e. The van der Waals surface area contributed by atoms with Crippen LogP contribution in [0.25, 0.3) is 0 Å². The summed E-state index contributed by atoms with van der Waals surface area (Å²) in [5.74, 6) is 0.136. The molecule has 2 N–H and O–H groups in total. The van der Waals surface area contributed by atoms with E-state index in [0.717, 1.165) is 32.3 Å². The number of carbonyl (C=O) groups excluding carboxylic acids is 1. The van der Waals surface area contributed by atoms with Gasteiger partial charge in [-0.3, -0.25) is 4.79 Å². The summed E-state index contributed by atoms with van der Waals surface area (Å²) in [6, 6.07) is 0.909. The third-order valence-electron chi connectivity index (χ3n) is 2.98. The van der Waals surface area contributed by atoms with Crippen LogP contribution in [0.4, 0.5) is 0 Å². The Balaban J connectivity index is 1.61. The zero-order valence-corrected chi connectivity index (χ0v) is 9.29. The van der Waals surface area contributed by atoms with Crippen LogP contribution in [-0.4, -0.2) is 37.2 Å². The van der Waals surface area contributed by atoms with Gasteiger partial charge in [-0.1, -0.05) is 0 Å². The van der Waals surface area contributed by atoms with Crippen LogP contribution in [-0.2, 0) is 9.53 Å². The van der Waals surface area contributed by atoms with Gasteiger partial charge in [-0.05, 0) is 32.6 Å². The van der Waals surface area contributed by atoms with E-state index in [9.17, 15) is 4.79 Å². The van der Waals surface area contributed by atoms with Crippen molar-refractivity contribution in [3.63, 3.8) is 0 Å². The van der Waals surface area contributed by atoms with Gasteiger partial charge >= 0.3 is 0 Å². The van der Waals surface area contributed by atoms with Gasteiger partial charge in [0.05, 0.1) is 12.6 Å². The quantitative estimate of drug-likeness (QED) is 0.710. The molecule has 4 heteroatoms. The van der Waals surface area contributed by atoms with Crippen molar-refractivity contribution in [2.75, 3.05) is 13.2 Å². The molecule has 0 aromatic carbocycles. The minimum atomic E-state index is 0.136. The maximum atomic E-state index is 11.4. The molecule has 1 amide bonds. The number of ether oxygens (including phenoxy) is 1. The maximum absolute atomic E-state index is 11.4. The first-order valence-electron chi connectivity index (χ1n) is 5.88. The molecule has 2 aliphatic rings. The number of amides is 1. The molecule has 0 radical (unpaired) electrons. The third kappa shape index (κ3) is 3.80. The average Bonchev–Trinajstić information content (AvgIpc) is 2.99. The van der Waals surface area contributed by atoms with Crippen LogP contribution in [0.2, 0.25) is 0 Å². The van der Waals surface area contributed by atoms with E-state index in [-0.39, 0.29) is 5.91 Å². The molecule has 2 rings (SSSR count). The van der Waals surface area contributed by atoms with E-state index >= 15 is 0 Å². The second-order valence-corrected chi connectivity index (χ2v) is 4.63. The molecule has 0 aromatic heterocycles. The van der Waals surface area contributed by atoms with E-state index in [1.165, 1.54) is 0 Å². The highest BCUT2D eigenvalue weighted by Gasteiger charge is 2.24. The van der Waals surface area contributed by atoms with Gasteiger partial charge in [0.1, 0.15) is 0 Å². The monoisotopic (exact) mass is 212 g/mol. The van der Waals surface area contributed by atoms with E-state index in [0.29, 0.717) is 24.7 Å². The van der Waals surface area contributed by atoms with Gasteiger partial charge in [0.2, 0.25) is 5.91 Å². The molecule has 0 spiro atoms. The molecule has 86 valence electrons. The Morgan fingerprint density at radius 1 is 1.33 bits per heavy atom. The Morgan fingerprint density at radius 2 is 2.13 bits per heavy atom. The number of carbonyl (C=O) groups is 1. The summed E-state index contributed by atoms with van der Waals surface area (Å²) >= 11 is 0. The van der Waals surface area contributed by atoms with Crippen molar-refractivity contribution in [3.05, 3.63) is 0 Å². The molecule has 1 aliphatic carbocycles. The molecule has 15 heavy (non-hydrogen) atoms. The summed E-state index contributed by atoms with van der Waals surface area (Å²) in [6.07, 6.45) is 4.65. The molecule has 2 atom stereocenters. The normalized spacial score (nSPS) is 31.3. The van der Waals surface area contributed by atoms with E-state index in [1.807, 2.05) is 0 Å². The molecule has 0 aromatic rings. The fourth-order valence-electron chi connectivity index (χ4n) is 1.93. The van der Waals surface area contributed by atoms with E-state index in [1.54, 1.807) is 0 Å². The molecular weight excluding hydrogens is 192 g/mol. The highest BCUT2D eigenvalue weighted by molar-refractivity contribution is 5.78. The van der Waals surface area contributed by atoms with Gasteiger partial charge in [-0.25, -0.2) is 0 Å². The summed E-state index contributed by atoms with van der Waals surface area (Å²) in [6.45, 7) is 3.34. The van der Waals surface area contributed by atoms with Gasteiger partial charge in [0.15, 0.2) is 0 Å². The van der Waals surface area contributed by atoms with Crippen molar-refractivity contribution in [1.82, 2.24) is 10.6 Å². The second kappa shape index (κ2) is 4.94. The summed E-state index contributed by atoms with van der Waals surface area (Å²) in [7, 11) is 0. The van der Waals surface area contributed by atoms with Gasteiger partial charge in [-0.15, -0.1) is 0 Å². The van der Waals surface area contributed by atoms with E-state index in [2.05, 4.69) is 17.6 Å². The average molecular weight is 212 g/mol. The summed E-state index contributed by atoms with van der Waals surface area (Å²) in [5, 5.41) is 6.26. The van der Waals surface area contributed by atoms with Crippen LogP contribution in [0.1, 0.15) is 32.6 Å². The third-order valence-corrected chi connectivity index (χ3v) is 2.98. The van der Waals surface area contributed by atoms with Crippen molar-refractivity contribution in [2.24, 2.45) is 0 Å². The molecular formula is C11H20N2O2. The molecule has 1 heterocycles. The summed E-state index contributed by atoms with van der Waals surface area (Å²) in [4.78, 5) is 11.4. The zero-order valence-electron chi connectivity index (χ0n) is 9.29. The van der Waals surface area contributed by atoms with Crippen LogP contribution in [0.5, 0.6) is 0 Å². The Kier molecular flexibility index (Phi) is 3.59. The number of hydrogen-bond donors (Lipinski definition) is 2. The van der Waals surface area contributed by atoms with E-state index < -0.39 is 0 Å². The number of nitrogens with one attached hydrogen (secondary N) is 2. The van der Waals surface area contributed by atoms with Crippen LogP contribution in [0.3, 0.4) is 0 Å². The Labute approximate surface area is 90.8 Å². The predicted molar refractivity (Wildman–Crippen MR) is 57.6 cm³/mol. The second-order valence-electron chi connectivity index (χ2n) is 4.63. The molecule has 1 saturated heterocycles. The first-order chi connectivity index (χ1) is 7.24. The zero-order chi connectivity index (χ0) is 10.7. The van der Waals surface area contributed by atoms with Crippen molar-refractivity contribution in [3.8, 4) is 0 Å². The minimum Gasteiger partial charge on any atom is -0.378 e. The number of rotatable bonds is 4. The fourth-order valence-corrected chi connectivity index (χ4v) is 1.93. The lowest BCUT2D eigenvalue weighted by Crippen LogP contribution is -2.43. The van der Waals surface area contributed by atoms with Crippen LogP contribution >= 0.6 is 0 Å². The molecule has 1 aliphatic heterocycles. The lowest BCUT2D eigenvalue weighted by atomic mass is 10.0. The van der Waals surface area contributed by atoms with Crippen molar-refractivity contribution < 1.29 is 9.53 Å². The van der Waals surface area contributed by atoms with Crippen molar-refractivity contribution in [2.45, 2.75) is 50.8 Å². The largest absolute Gasteiger partial charge is 0.378 e. The molecule has 0 bridgehead atoms. The SMILES string of the molecule is CC1CC(NCC(=O)NC2CC2)CCO1. The molecule has 2 unspecified atom stereocenters. The lowest BCUT2D eigenvalue weighted by Gasteiger charge is -2.27. The topological polar surface area (TPSA) is 50.4 Å². The molecule has 1 saturated carbocycles. The highest BCUT2D eigenvalue weighted by Crippen LogP contribution is 2.18. The van der Waals surface area contributed by atoms with Crippen LogP contribution < -0.4 is 10.6 Å². The van der Waals surface area contributed by atoms with Crippen molar-refractivity contribution >= 4 is 5.91 Å². The summed E-state index contributed by atoms with van der Waals surface area (Å²) < 4.78 is 5.45. The van der Waals surface area contributed by atoms with E-state index in [4.69, 9.17) is 4.74 Å². The fraction of sp³-hybridized carbons (Fsp3) is 0.909. The number of hydrogen-bond acceptors (Lipinski definition) is 3. The van der Waals surface area contributed by atoms with Gasteiger partial charge < -0.3 is 15.4 Å². The van der Waals surface area contributed by atoms with Crippen LogP contribution in [0, 0.1) is 0 Å². The van der Waals surface area contributed by atoms with Gasteiger partial charge in [-0.2, -0.15) is 0 Å². The first kappa shape index (κ1) is 10.9. The standard InChI is InChI=1S/C11H20N2O2/c1-8-6-10(4-5-15-8)12-7-11(14)13-9-2-3-9/h8-10,12H,2-7H2,1H3,(H,13,14). The lowest BCUT2D eigenvalue weighted by molar-refractivity contribution is -0.120.